The quantitative estimate of drug-likeness (QED) is 0.152. The lowest BCUT2D eigenvalue weighted by molar-refractivity contribution is 0.591. The summed E-state index contributed by atoms with van der Waals surface area (Å²) in [7, 11) is 0. The molecule has 5 heteroatoms. The highest BCUT2D eigenvalue weighted by atomic mass is 15.0. The van der Waals surface area contributed by atoms with Gasteiger partial charge in [0.1, 0.15) is 0 Å². The molecule has 0 aliphatic carbocycles. The minimum Gasteiger partial charge on any atom is -0.309 e. The van der Waals surface area contributed by atoms with E-state index in [-0.39, 0.29) is 5.41 Å². The van der Waals surface area contributed by atoms with Crippen LogP contribution in [0.4, 0.5) is 0 Å². The van der Waals surface area contributed by atoms with Gasteiger partial charge in [-0.2, -0.15) is 0 Å². The smallest absolute Gasteiger partial charge is 0.160 e. The van der Waals surface area contributed by atoms with E-state index in [1.54, 1.807) is 0 Å². The van der Waals surface area contributed by atoms with E-state index >= 15 is 0 Å². The van der Waals surface area contributed by atoms with E-state index in [0.29, 0.717) is 5.82 Å². The fourth-order valence-electron chi connectivity index (χ4n) is 12.2. The summed E-state index contributed by atoms with van der Waals surface area (Å²) in [6, 6.07) is 97.0. The fraction of sp³-hybridized carbons (Fsp3) is 0.0541. The van der Waals surface area contributed by atoms with Crippen molar-refractivity contribution in [3.63, 3.8) is 0 Å². The summed E-state index contributed by atoms with van der Waals surface area (Å²) in [6.07, 6.45) is 0. The molecule has 15 aromatic rings. The van der Waals surface area contributed by atoms with Crippen LogP contribution in [0, 0.1) is 0 Å². The third-order valence-corrected chi connectivity index (χ3v) is 16.0. The van der Waals surface area contributed by atoms with Crippen molar-refractivity contribution in [2.24, 2.45) is 0 Å². The Balaban J connectivity index is 1.03. The maximum Gasteiger partial charge on any atom is 0.160 e. The summed E-state index contributed by atoms with van der Waals surface area (Å²) in [5, 5.41) is 7.39. The van der Waals surface area contributed by atoms with E-state index in [2.05, 4.69) is 295 Å². The first-order valence-electron chi connectivity index (χ1n) is 27.2. The lowest BCUT2D eigenvalue weighted by Gasteiger charge is -2.22. The standard InChI is InChI=1S/C74H53N5/c1-74(2,3)53-38-43-71-63(46-53)60-28-14-19-33-70(60)79(71)72-61(48-34-39-54(40-35-48)77-66-29-15-10-24-56(66)57-25-11-16-30-67(57)77)44-52(65-47-64(50-20-6-4-7-21-50)75-73(76-65)51-22-8-5-9-23-51)45-62(72)49-36-41-55(42-37-49)78-68-31-17-12-26-58(68)59-27-13-18-32-69(59)78/h4-47H,1-3H3. The van der Waals surface area contributed by atoms with Crippen LogP contribution < -0.4 is 0 Å². The van der Waals surface area contributed by atoms with Crippen LogP contribution in [0.25, 0.3) is 139 Å². The van der Waals surface area contributed by atoms with Gasteiger partial charge in [0.15, 0.2) is 5.82 Å². The second-order valence-electron chi connectivity index (χ2n) is 21.8. The third-order valence-electron chi connectivity index (χ3n) is 16.0. The molecule has 11 aromatic carbocycles. The zero-order valence-corrected chi connectivity index (χ0v) is 44.1. The molecular formula is C74H53N5. The number of para-hydroxylation sites is 5. The van der Waals surface area contributed by atoms with E-state index in [1.807, 2.05) is 6.07 Å². The second kappa shape index (κ2) is 18.3. The average molecular weight is 1010 g/mol. The highest BCUT2D eigenvalue weighted by Crippen LogP contribution is 2.46. The van der Waals surface area contributed by atoms with Gasteiger partial charge in [0.2, 0.25) is 0 Å². The van der Waals surface area contributed by atoms with E-state index in [0.717, 1.165) is 78.4 Å². The molecule has 0 fully saturated rings. The van der Waals surface area contributed by atoms with Gasteiger partial charge in [-0.05, 0) is 107 Å². The Kier molecular flexibility index (Phi) is 10.7. The van der Waals surface area contributed by atoms with Crippen molar-refractivity contribution in [3.8, 4) is 73.2 Å². The minimum absolute atomic E-state index is 0.0413. The predicted octanol–water partition coefficient (Wildman–Crippen LogP) is 19.4. The summed E-state index contributed by atoms with van der Waals surface area (Å²) < 4.78 is 7.32. The number of hydrogen-bond acceptors (Lipinski definition) is 2. The van der Waals surface area contributed by atoms with Gasteiger partial charge in [-0.3, -0.25) is 0 Å². The largest absolute Gasteiger partial charge is 0.309 e. The zero-order valence-electron chi connectivity index (χ0n) is 44.1. The molecule has 0 saturated heterocycles. The van der Waals surface area contributed by atoms with Crippen LogP contribution >= 0.6 is 0 Å². The molecule has 0 spiro atoms. The van der Waals surface area contributed by atoms with Crippen LogP contribution in [0.1, 0.15) is 26.3 Å². The van der Waals surface area contributed by atoms with Crippen LogP contribution in [0.5, 0.6) is 0 Å². The molecule has 0 amide bonds. The van der Waals surface area contributed by atoms with E-state index < -0.39 is 0 Å². The molecular weight excluding hydrogens is 959 g/mol. The fourth-order valence-corrected chi connectivity index (χ4v) is 12.2. The van der Waals surface area contributed by atoms with Crippen molar-refractivity contribution in [1.29, 1.82) is 0 Å². The van der Waals surface area contributed by atoms with Gasteiger partial charge in [-0.1, -0.05) is 203 Å². The molecule has 0 N–H and O–H groups in total. The van der Waals surface area contributed by atoms with Crippen molar-refractivity contribution in [2.45, 2.75) is 26.2 Å². The summed E-state index contributed by atoms with van der Waals surface area (Å²) in [4.78, 5) is 10.7. The first kappa shape index (κ1) is 46.2. The van der Waals surface area contributed by atoms with Crippen LogP contribution in [0.15, 0.2) is 267 Å². The van der Waals surface area contributed by atoms with Crippen LogP contribution in [-0.2, 0) is 5.41 Å². The van der Waals surface area contributed by atoms with Gasteiger partial charge in [0.05, 0.1) is 50.2 Å². The normalized spacial score (nSPS) is 12.0. The molecule has 4 aromatic heterocycles. The van der Waals surface area contributed by atoms with E-state index in [9.17, 15) is 0 Å². The Labute approximate surface area is 458 Å². The first-order chi connectivity index (χ1) is 38.8. The molecule has 374 valence electrons. The Hall–Kier alpha value is -10.1. The lowest BCUT2D eigenvalue weighted by Crippen LogP contribution is -2.10. The Morgan fingerprint density at radius 1 is 0.278 bits per heavy atom. The molecule has 0 atom stereocenters. The average Bonchev–Trinajstić information content (AvgIpc) is 4.38. The van der Waals surface area contributed by atoms with Crippen molar-refractivity contribution < 1.29 is 0 Å². The maximum absolute atomic E-state index is 5.48. The Morgan fingerprint density at radius 2 is 0.646 bits per heavy atom. The lowest BCUT2D eigenvalue weighted by atomic mass is 9.86. The molecule has 79 heavy (non-hydrogen) atoms. The number of fused-ring (bicyclic) bond motifs is 9. The summed E-state index contributed by atoms with van der Waals surface area (Å²) in [5.74, 6) is 0.673. The van der Waals surface area contributed by atoms with Gasteiger partial charge in [-0.25, -0.2) is 9.97 Å². The second-order valence-corrected chi connectivity index (χ2v) is 21.8. The van der Waals surface area contributed by atoms with Crippen LogP contribution in [0.2, 0.25) is 0 Å². The molecule has 0 unspecified atom stereocenters. The highest BCUT2D eigenvalue weighted by Gasteiger charge is 2.25. The monoisotopic (exact) mass is 1010 g/mol. The molecule has 0 saturated carbocycles. The number of nitrogens with zero attached hydrogens (tertiary/aromatic N) is 5. The Morgan fingerprint density at radius 3 is 1.09 bits per heavy atom. The Bertz CT molecular complexity index is 4500. The van der Waals surface area contributed by atoms with Crippen molar-refractivity contribution in [2.75, 3.05) is 0 Å². The van der Waals surface area contributed by atoms with Gasteiger partial charge in [-0.15, -0.1) is 0 Å². The topological polar surface area (TPSA) is 40.6 Å². The summed E-state index contributed by atoms with van der Waals surface area (Å²) >= 11 is 0. The van der Waals surface area contributed by atoms with Crippen LogP contribution in [-0.4, -0.2) is 23.7 Å². The van der Waals surface area contributed by atoms with Gasteiger partial charge < -0.3 is 13.7 Å². The third kappa shape index (κ3) is 7.68. The predicted molar refractivity (Wildman–Crippen MR) is 331 cm³/mol. The highest BCUT2D eigenvalue weighted by molar-refractivity contribution is 6.12. The molecule has 4 heterocycles. The van der Waals surface area contributed by atoms with Crippen molar-refractivity contribution >= 4 is 65.4 Å². The minimum atomic E-state index is -0.0413. The molecule has 0 aliphatic heterocycles. The summed E-state index contributed by atoms with van der Waals surface area (Å²) in [5.41, 5.74) is 20.5. The molecule has 5 nitrogen and oxygen atoms in total. The molecule has 15 rings (SSSR count). The van der Waals surface area contributed by atoms with Crippen molar-refractivity contribution in [3.05, 3.63) is 272 Å². The SMILES string of the molecule is CC(C)(C)c1ccc2c(c1)c1ccccc1n2-c1c(-c2ccc(-n3c4ccccc4c4ccccc43)cc2)cc(-c2cc(-c3ccccc3)nc(-c3ccccc3)n2)cc1-c1ccc(-n2c3ccccc3c3ccccc32)cc1. The molecule has 0 aliphatic rings. The van der Waals surface area contributed by atoms with Crippen molar-refractivity contribution in [1.82, 2.24) is 23.7 Å². The van der Waals surface area contributed by atoms with E-state index in [1.165, 1.54) is 59.9 Å². The van der Waals surface area contributed by atoms with Gasteiger partial charge in [0, 0.05) is 71.5 Å². The summed E-state index contributed by atoms with van der Waals surface area (Å²) in [6.45, 7) is 6.90. The number of rotatable bonds is 8. The number of hydrogen-bond donors (Lipinski definition) is 0. The van der Waals surface area contributed by atoms with Crippen LogP contribution in [0.3, 0.4) is 0 Å². The zero-order chi connectivity index (χ0) is 52.8. The molecule has 0 radical (unpaired) electrons. The maximum atomic E-state index is 5.48. The first-order valence-corrected chi connectivity index (χ1v) is 27.2. The van der Waals surface area contributed by atoms with Gasteiger partial charge in [0.25, 0.3) is 0 Å². The number of benzene rings is 11. The van der Waals surface area contributed by atoms with Gasteiger partial charge >= 0.3 is 0 Å². The molecule has 0 bridgehead atoms. The van der Waals surface area contributed by atoms with E-state index in [4.69, 9.17) is 9.97 Å². The number of aromatic nitrogens is 5.